The molecule has 0 aromatic carbocycles. The second-order valence-corrected chi connectivity index (χ2v) is 5.49. The molecule has 0 unspecified atom stereocenters. The molecule has 1 amide bonds. The highest BCUT2D eigenvalue weighted by Gasteiger charge is 2.26. The number of carbonyl (C=O) groups excluding carboxylic acids is 1. The van der Waals surface area contributed by atoms with Gasteiger partial charge in [0, 0.05) is 24.1 Å². The maximum absolute atomic E-state index is 11.8. The summed E-state index contributed by atoms with van der Waals surface area (Å²) in [7, 11) is 0. The molecule has 3 rings (SSSR count). The van der Waals surface area contributed by atoms with E-state index in [0.717, 1.165) is 5.69 Å². The predicted octanol–water partition coefficient (Wildman–Crippen LogP) is 2.28. The fourth-order valence-electron chi connectivity index (χ4n) is 1.75. The van der Waals surface area contributed by atoms with Gasteiger partial charge in [-0.2, -0.15) is 4.98 Å². The van der Waals surface area contributed by atoms with Crippen molar-refractivity contribution in [3.05, 3.63) is 22.8 Å². The third-order valence-corrected chi connectivity index (χ3v) is 3.68. The summed E-state index contributed by atoms with van der Waals surface area (Å²) in [5.41, 5.74) is 1.10. The van der Waals surface area contributed by atoms with Gasteiger partial charge >= 0.3 is 0 Å². The summed E-state index contributed by atoms with van der Waals surface area (Å²) in [6, 6.07) is 0. The molecule has 19 heavy (non-hydrogen) atoms. The molecule has 0 aliphatic heterocycles. The Kier molecular flexibility index (Phi) is 3.29. The van der Waals surface area contributed by atoms with Gasteiger partial charge in [-0.15, -0.1) is 11.3 Å². The minimum absolute atomic E-state index is 0.0763. The van der Waals surface area contributed by atoms with Gasteiger partial charge in [0.1, 0.15) is 0 Å². The minimum Gasteiger partial charge on any atom is -0.339 e. The molecule has 0 bridgehead atoms. The molecule has 0 radical (unpaired) electrons. The van der Waals surface area contributed by atoms with Crippen molar-refractivity contribution in [3.63, 3.8) is 0 Å². The van der Waals surface area contributed by atoms with Crippen LogP contribution < -0.4 is 5.32 Å². The van der Waals surface area contributed by atoms with Crippen LogP contribution in [-0.2, 0) is 11.2 Å². The van der Waals surface area contributed by atoms with Crippen LogP contribution in [0.25, 0.3) is 0 Å². The number of rotatable bonds is 5. The number of anilines is 1. The van der Waals surface area contributed by atoms with E-state index >= 15 is 0 Å². The first-order chi connectivity index (χ1) is 9.20. The van der Waals surface area contributed by atoms with E-state index in [-0.39, 0.29) is 5.91 Å². The van der Waals surface area contributed by atoms with Crippen molar-refractivity contribution < 1.29 is 9.32 Å². The summed E-state index contributed by atoms with van der Waals surface area (Å²) >= 11 is 1.48. The van der Waals surface area contributed by atoms with E-state index < -0.39 is 0 Å². The first-order valence-electron chi connectivity index (χ1n) is 6.25. The van der Waals surface area contributed by atoms with Crippen molar-refractivity contribution in [1.82, 2.24) is 15.1 Å². The van der Waals surface area contributed by atoms with Gasteiger partial charge < -0.3 is 9.84 Å². The van der Waals surface area contributed by atoms with Gasteiger partial charge in [0.25, 0.3) is 0 Å². The van der Waals surface area contributed by atoms with Crippen LogP contribution >= 0.6 is 11.3 Å². The van der Waals surface area contributed by atoms with Gasteiger partial charge in [0.05, 0.1) is 5.69 Å². The molecule has 0 spiro atoms. The van der Waals surface area contributed by atoms with Gasteiger partial charge in [0.2, 0.25) is 11.8 Å². The Morgan fingerprint density at radius 1 is 1.53 bits per heavy atom. The fourth-order valence-corrected chi connectivity index (χ4v) is 2.56. The Balaban J connectivity index is 1.49. The van der Waals surface area contributed by atoms with Crippen LogP contribution in [-0.4, -0.2) is 21.0 Å². The summed E-state index contributed by atoms with van der Waals surface area (Å²) in [6.45, 7) is 1.75. The molecule has 100 valence electrons. The molecular weight excluding hydrogens is 264 g/mol. The molecule has 6 nitrogen and oxygen atoms in total. The molecule has 2 aromatic heterocycles. The maximum Gasteiger partial charge on any atom is 0.227 e. The van der Waals surface area contributed by atoms with E-state index in [9.17, 15) is 4.79 Å². The molecule has 1 fully saturated rings. The summed E-state index contributed by atoms with van der Waals surface area (Å²) in [4.78, 5) is 20.2. The number of carbonyl (C=O) groups is 1. The number of aryl methyl sites for hydroxylation is 2. The minimum atomic E-state index is -0.0763. The lowest BCUT2D eigenvalue weighted by Gasteiger charge is -1.99. The average Bonchev–Trinajstić information content (AvgIpc) is 3.00. The van der Waals surface area contributed by atoms with E-state index in [0.29, 0.717) is 35.6 Å². The number of nitrogens with zero attached hydrogens (tertiary/aromatic N) is 3. The van der Waals surface area contributed by atoms with Crippen LogP contribution in [0.4, 0.5) is 5.13 Å². The second kappa shape index (κ2) is 5.08. The highest BCUT2D eigenvalue weighted by Crippen LogP contribution is 2.40. The third-order valence-electron chi connectivity index (χ3n) is 2.90. The normalized spacial score (nSPS) is 14.6. The summed E-state index contributed by atoms with van der Waals surface area (Å²) in [5.74, 6) is 1.62. The first-order valence-corrected chi connectivity index (χ1v) is 7.13. The van der Waals surface area contributed by atoms with Gasteiger partial charge in [-0.05, 0) is 19.8 Å². The molecule has 0 saturated heterocycles. The van der Waals surface area contributed by atoms with Crippen LogP contribution in [0.3, 0.4) is 0 Å². The second-order valence-electron chi connectivity index (χ2n) is 4.64. The van der Waals surface area contributed by atoms with Crippen LogP contribution in [0.2, 0.25) is 0 Å². The Morgan fingerprint density at radius 2 is 2.37 bits per heavy atom. The Hall–Kier alpha value is -1.76. The topological polar surface area (TPSA) is 80.9 Å². The summed E-state index contributed by atoms with van der Waals surface area (Å²) < 4.78 is 4.95. The average molecular weight is 278 g/mol. The maximum atomic E-state index is 11.8. The number of hydrogen-bond acceptors (Lipinski definition) is 6. The zero-order valence-corrected chi connectivity index (χ0v) is 11.4. The quantitative estimate of drug-likeness (QED) is 0.907. The molecule has 2 heterocycles. The van der Waals surface area contributed by atoms with Crippen molar-refractivity contribution >= 4 is 22.4 Å². The number of hydrogen-bond donors (Lipinski definition) is 1. The molecule has 1 N–H and O–H groups in total. The van der Waals surface area contributed by atoms with E-state index in [1.54, 1.807) is 6.92 Å². The molecule has 1 aliphatic carbocycles. The van der Waals surface area contributed by atoms with E-state index in [2.05, 4.69) is 20.4 Å². The van der Waals surface area contributed by atoms with Crippen molar-refractivity contribution in [2.45, 2.75) is 38.5 Å². The van der Waals surface area contributed by atoms with E-state index in [1.807, 2.05) is 5.38 Å². The van der Waals surface area contributed by atoms with Crippen molar-refractivity contribution in [3.8, 4) is 0 Å². The monoisotopic (exact) mass is 278 g/mol. The highest BCUT2D eigenvalue weighted by molar-refractivity contribution is 7.13. The van der Waals surface area contributed by atoms with Crippen LogP contribution in [0, 0.1) is 6.92 Å². The fraction of sp³-hybridized carbons (Fsp3) is 0.500. The lowest BCUT2D eigenvalue weighted by Crippen LogP contribution is -2.12. The zero-order chi connectivity index (χ0) is 13.2. The van der Waals surface area contributed by atoms with Gasteiger partial charge in [0.15, 0.2) is 11.0 Å². The SMILES string of the molecule is Cc1noc(CCC(=O)Nc2nc(C3CC3)cs2)n1. The van der Waals surface area contributed by atoms with E-state index in [1.165, 1.54) is 24.2 Å². The van der Waals surface area contributed by atoms with E-state index in [4.69, 9.17) is 4.52 Å². The number of aromatic nitrogens is 3. The standard InChI is InChI=1S/C12H14N4O2S/c1-7-13-11(18-16-7)5-4-10(17)15-12-14-9(6-19-12)8-2-3-8/h6,8H,2-5H2,1H3,(H,14,15,17). The molecule has 0 atom stereocenters. The smallest absolute Gasteiger partial charge is 0.227 e. The zero-order valence-electron chi connectivity index (χ0n) is 10.5. The van der Waals surface area contributed by atoms with Crippen LogP contribution in [0.1, 0.15) is 42.6 Å². The number of thiazole rings is 1. The van der Waals surface area contributed by atoms with Crippen LogP contribution in [0.5, 0.6) is 0 Å². The molecule has 1 aliphatic rings. The first kappa shape index (κ1) is 12.3. The van der Waals surface area contributed by atoms with Crippen molar-refractivity contribution in [2.75, 3.05) is 5.32 Å². The van der Waals surface area contributed by atoms with Gasteiger partial charge in [-0.1, -0.05) is 5.16 Å². The number of amides is 1. The molecule has 1 saturated carbocycles. The van der Waals surface area contributed by atoms with Crippen LogP contribution in [0.15, 0.2) is 9.90 Å². The molecular formula is C12H14N4O2S. The summed E-state index contributed by atoms with van der Waals surface area (Å²) in [6.07, 6.45) is 3.20. The highest BCUT2D eigenvalue weighted by atomic mass is 32.1. The van der Waals surface area contributed by atoms with Gasteiger partial charge in [-0.25, -0.2) is 4.98 Å². The third kappa shape index (κ3) is 3.17. The Labute approximate surface area is 114 Å². The lowest BCUT2D eigenvalue weighted by atomic mass is 10.3. The summed E-state index contributed by atoms with van der Waals surface area (Å²) in [5, 5.41) is 9.18. The lowest BCUT2D eigenvalue weighted by molar-refractivity contribution is -0.116. The number of nitrogens with one attached hydrogen (secondary N) is 1. The molecule has 7 heteroatoms. The Bertz CT molecular complexity index is 588. The predicted molar refractivity (Wildman–Crippen MR) is 70.1 cm³/mol. The van der Waals surface area contributed by atoms with Crippen molar-refractivity contribution in [2.24, 2.45) is 0 Å². The van der Waals surface area contributed by atoms with Gasteiger partial charge in [-0.3, -0.25) is 4.79 Å². The molecule has 2 aromatic rings. The Morgan fingerprint density at radius 3 is 3.05 bits per heavy atom. The largest absolute Gasteiger partial charge is 0.339 e. The van der Waals surface area contributed by atoms with Crippen molar-refractivity contribution in [1.29, 1.82) is 0 Å².